The van der Waals surface area contributed by atoms with Gasteiger partial charge in [-0.05, 0) is 86.3 Å². The van der Waals surface area contributed by atoms with E-state index in [1.165, 1.54) is 10.8 Å². The summed E-state index contributed by atoms with van der Waals surface area (Å²) in [6.45, 7) is 0. The van der Waals surface area contributed by atoms with Crippen LogP contribution in [-0.2, 0) is 0 Å². The zero-order valence-electron chi connectivity index (χ0n) is 31.1. The Labute approximate surface area is 332 Å². The van der Waals surface area contributed by atoms with Gasteiger partial charge in [0.05, 0.1) is 0 Å². The van der Waals surface area contributed by atoms with Crippen molar-refractivity contribution in [2.45, 2.75) is 0 Å². The highest BCUT2D eigenvalue weighted by atomic mass is 16.3. The molecule has 12 rings (SSSR count). The van der Waals surface area contributed by atoms with Crippen LogP contribution in [0.25, 0.3) is 122 Å². The van der Waals surface area contributed by atoms with Crippen molar-refractivity contribution in [2.75, 3.05) is 0 Å². The predicted octanol–water partition coefficient (Wildman–Crippen LogP) is 14.3. The van der Waals surface area contributed by atoms with Crippen LogP contribution < -0.4 is 0 Å². The fourth-order valence-electron chi connectivity index (χ4n) is 8.46. The minimum absolute atomic E-state index is 0.582. The lowest BCUT2D eigenvalue weighted by Gasteiger charge is -2.11. The minimum atomic E-state index is 0.582. The van der Waals surface area contributed by atoms with Crippen LogP contribution in [0.1, 0.15) is 0 Å². The minimum Gasteiger partial charge on any atom is -0.456 e. The fourth-order valence-corrected chi connectivity index (χ4v) is 8.46. The first-order valence-corrected chi connectivity index (χ1v) is 19.4. The number of para-hydroxylation sites is 1. The largest absolute Gasteiger partial charge is 0.456 e. The van der Waals surface area contributed by atoms with Crippen molar-refractivity contribution < 1.29 is 8.83 Å². The number of furan rings is 2. The number of hydrogen-bond acceptors (Lipinski definition) is 5. The zero-order chi connectivity index (χ0) is 38.2. The number of nitrogens with zero attached hydrogens (tertiary/aromatic N) is 3. The molecule has 0 atom stereocenters. The molecule has 0 fully saturated rings. The molecule has 5 nitrogen and oxygen atoms in total. The molecule has 5 heteroatoms. The second-order valence-electron chi connectivity index (χ2n) is 14.8. The molecule has 0 unspecified atom stereocenters. The van der Waals surface area contributed by atoms with Crippen molar-refractivity contribution in [3.8, 4) is 56.4 Å². The van der Waals surface area contributed by atoms with Gasteiger partial charge in [-0.2, -0.15) is 0 Å². The summed E-state index contributed by atoms with van der Waals surface area (Å²) in [5, 5.41) is 8.87. The third-order valence-electron chi connectivity index (χ3n) is 11.3. The average molecular weight is 742 g/mol. The van der Waals surface area contributed by atoms with Crippen LogP contribution in [0.3, 0.4) is 0 Å². The lowest BCUT2D eigenvalue weighted by atomic mass is 9.97. The Bertz CT molecular complexity index is 3580. The van der Waals surface area contributed by atoms with Crippen LogP contribution in [0.2, 0.25) is 0 Å². The standard InChI is InChI=1S/C53H31N3O2/c1-3-11-36-29-38(25-21-32(36)9-1)34-19-23-35(24-20-34)51-54-52(40-26-22-33-10-2-4-12-37(33)30-40)56-53(55-51)44-15-8-18-47-50(44)43-28-27-39(31-48(43)58-47)41-14-7-17-46-49(41)42-13-5-6-16-45(42)57-46/h1-31H. The summed E-state index contributed by atoms with van der Waals surface area (Å²) >= 11 is 0. The highest BCUT2D eigenvalue weighted by Crippen LogP contribution is 2.41. The molecule has 0 aliphatic carbocycles. The van der Waals surface area contributed by atoms with Gasteiger partial charge in [-0.25, -0.2) is 15.0 Å². The number of aromatic nitrogens is 3. The summed E-state index contributed by atoms with van der Waals surface area (Å²) < 4.78 is 12.8. The molecular formula is C53H31N3O2. The van der Waals surface area contributed by atoms with Gasteiger partial charge >= 0.3 is 0 Å². The first-order chi connectivity index (χ1) is 28.7. The summed E-state index contributed by atoms with van der Waals surface area (Å²) in [5.41, 5.74) is 10.4. The summed E-state index contributed by atoms with van der Waals surface area (Å²) in [4.78, 5) is 15.5. The summed E-state index contributed by atoms with van der Waals surface area (Å²) in [7, 11) is 0. The smallest absolute Gasteiger partial charge is 0.164 e. The molecule has 9 aromatic carbocycles. The third-order valence-corrected chi connectivity index (χ3v) is 11.3. The Kier molecular flexibility index (Phi) is 7.16. The maximum atomic E-state index is 6.62. The molecule has 270 valence electrons. The highest BCUT2D eigenvalue weighted by molar-refractivity contribution is 6.15. The van der Waals surface area contributed by atoms with E-state index >= 15 is 0 Å². The maximum absolute atomic E-state index is 6.62. The molecule has 0 aliphatic heterocycles. The van der Waals surface area contributed by atoms with Gasteiger partial charge in [0.15, 0.2) is 17.5 Å². The molecule has 58 heavy (non-hydrogen) atoms. The quantitative estimate of drug-likeness (QED) is 0.176. The Morgan fingerprint density at radius 3 is 1.53 bits per heavy atom. The summed E-state index contributed by atoms with van der Waals surface area (Å²) in [6.07, 6.45) is 0. The van der Waals surface area contributed by atoms with Crippen LogP contribution in [0.5, 0.6) is 0 Å². The van der Waals surface area contributed by atoms with Crippen molar-refractivity contribution in [3.63, 3.8) is 0 Å². The van der Waals surface area contributed by atoms with E-state index in [4.69, 9.17) is 23.8 Å². The van der Waals surface area contributed by atoms with E-state index in [1.807, 2.05) is 36.4 Å². The van der Waals surface area contributed by atoms with Crippen LogP contribution >= 0.6 is 0 Å². The molecule has 0 amide bonds. The van der Waals surface area contributed by atoms with Crippen molar-refractivity contribution >= 4 is 65.4 Å². The van der Waals surface area contributed by atoms with Gasteiger partial charge in [-0.3, -0.25) is 0 Å². The number of benzene rings is 9. The number of rotatable bonds is 5. The lowest BCUT2D eigenvalue weighted by Crippen LogP contribution is -2.00. The van der Waals surface area contributed by atoms with Crippen molar-refractivity contribution in [3.05, 3.63) is 188 Å². The monoisotopic (exact) mass is 741 g/mol. The Morgan fingerprint density at radius 2 is 0.776 bits per heavy atom. The summed E-state index contributed by atoms with van der Waals surface area (Å²) in [6, 6.07) is 65.2. The van der Waals surface area contributed by atoms with E-state index < -0.39 is 0 Å². The van der Waals surface area contributed by atoms with Crippen molar-refractivity contribution in [1.82, 2.24) is 15.0 Å². The van der Waals surface area contributed by atoms with Crippen LogP contribution in [-0.4, -0.2) is 15.0 Å². The first-order valence-electron chi connectivity index (χ1n) is 19.4. The van der Waals surface area contributed by atoms with E-state index in [9.17, 15) is 0 Å². The predicted molar refractivity (Wildman–Crippen MR) is 237 cm³/mol. The average Bonchev–Trinajstić information content (AvgIpc) is 3.87. The molecule has 0 saturated heterocycles. The van der Waals surface area contributed by atoms with E-state index in [0.717, 1.165) is 93.6 Å². The van der Waals surface area contributed by atoms with Gasteiger partial charge in [0.2, 0.25) is 0 Å². The Morgan fingerprint density at radius 1 is 0.276 bits per heavy atom. The zero-order valence-corrected chi connectivity index (χ0v) is 31.1. The molecule has 0 saturated carbocycles. The van der Waals surface area contributed by atoms with Gasteiger partial charge in [0, 0.05) is 38.2 Å². The van der Waals surface area contributed by atoms with Crippen molar-refractivity contribution in [2.24, 2.45) is 0 Å². The van der Waals surface area contributed by atoms with Gasteiger partial charge in [-0.15, -0.1) is 0 Å². The third kappa shape index (κ3) is 5.29. The fraction of sp³-hybridized carbons (Fsp3) is 0. The van der Waals surface area contributed by atoms with E-state index in [1.54, 1.807) is 0 Å². The molecule has 3 heterocycles. The highest BCUT2D eigenvalue weighted by Gasteiger charge is 2.20. The summed E-state index contributed by atoms with van der Waals surface area (Å²) in [5.74, 6) is 1.79. The first kappa shape index (κ1) is 32.4. The second kappa shape index (κ2) is 12.8. The molecule has 3 aromatic heterocycles. The second-order valence-corrected chi connectivity index (χ2v) is 14.8. The molecule has 12 aromatic rings. The normalized spacial score (nSPS) is 11.8. The van der Waals surface area contributed by atoms with E-state index in [-0.39, 0.29) is 0 Å². The molecular weight excluding hydrogens is 711 g/mol. The molecule has 0 N–H and O–H groups in total. The Hall–Kier alpha value is -7.89. The topological polar surface area (TPSA) is 65.0 Å². The molecule has 0 aliphatic rings. The molecule has 0 radical (unpaired) electrons. The van der Waals surface area contributed by atoms with Crippen LogP contribution in [0.4, 0.5) is 0 Å². The number of fused-ring (bicyclic) bond motifs is 8. The van der Waals surface area contributed by atoms with Gasteiger partial charge in [0.25, 0.3) is 0 Å². The maximum Gasteiger partial charge on any atom is 0.164 e. The van der Waals surface area contributed by atoms with Gasteiger partial charge < -0.3 is 8.83 Å². The van der Waals surface area contributed by atoms with Crippen LogP contribution in [0, 0.1) is 0 Å². The van der Waals surface area contributed by atoms with Crippen molar-refractivity contribution in [1.29, 1.82) is 0 Å². The lowest BCUT2D eigenvalue weighted by molar-refractivity contribution is 0.668. The van der Waals surface area contributed by atoms with Gasteiger partial charge in [0.1, 0.15) is 22.3 Å². The SMILES string of the molecule is c1ccc2cc(-c3ccc(-c4nc(-c5ccc6ccccc6c5)nc(-c5cccc6oc7cc(-c8cccc9oc%10ccccc%10c89)ccc7c56)n4)cc3)ccc2c1. The van der Waals surface area contributed by atoms with E-state index in [2.05, 4.69) is 152 Å². The molecule has 0 bridgehead atoms. The van der Waals surface area contributed by atoms with E-state index in [0.29, 0.717) is 17.5 Å². The Balaban J connectivity index is 1.01. The molecule has 0 spiro atoms. The van der Waals surface area contributed by atoms with Crippen LogP contribution in [0.15, 0.2) is 197 Å². The number of hydrogen-bond donors (Lipinski definition) is 0. The van der Waals surface area contributed by atoms with Gasteiger partial charge in [-0.1, -0.05) is 146 Å².